The number of para-hydroxylation sites is 1. The molecule has 47 heavy (non-hydrogen) atoms. The summed E-state index contributed by atoms with van der Waals surface area (Å²) < 4.78 is 5.35. The number of rotatable bonds is 12. The van der Waals surface area contributed by atoms with Gasteiger partial charge in [-0.1, -0.05) is 91.0 Å². The number of ether oxygens (including phenoxy) is 1. The molecule has 1 aliphatic rings. The Morgan fingerprint density at radius 3 is 2.15 bits per heavy atom. The van der Waals surface area contributed by atoms with Crippen LogP contribution in [0, 0.1) is 0 Å². The van der Waals surface area contributed by atoms with E-state index in [0.717, 1.165) is 52.9 Å². The van der Waals surface area contributed by atoms with Crippen molar-refractivity contribution in [2.75, 3.05) is 18.4 Å². The number of alkyl carbamates (subject to hydrolysis) is 1. The van der Waals surface area contributed by atoms with E-state index in [0.29, 0.717) is 25.6 Å². The summed E-state index contributed by atoms with van der Waals surface area (Å²) in [6.07, 6.45) is 2.45. The van der Waals surface area contributed by atoms with Crippen molar-refractivity contribution in [3.05, 3.63) is 120 Å². The molecule has 1 heterocycles. The number of fused-ring (bicyclic) bond motifs is 1. The van der Waals surface area contributed by atoms with Gasteiger partial charge in [-0.05, 0) is 74.9 Å². The minimum atomic E-state index is -0.526. The van der Waals surface area contributed by atoms with Crippen LogP contribution in [-0.2, 0) is 16.1 Å². The third-order valence-electron chi connectivity index (χ3n) is 7.87. The van der Waals surface area contributed by atoms with Gasteiger partial charge in [0.25, 0.3) is 0 Å². The molecule has 0 aromatic heterocycles. The molecule has 0 unspecified atom stereocenters. The predicted molar refractivity (Wildman–Crippen MR) is 189 cm³/mol. The summed E-state index contributed by atoms with van der Waals surface area (Å²) in [4.78, 5) is 32.7. The van der Waals surface area contributed by atoms with Crippen molar-refractivity contribution < 1.29 is 14.3 Å². The largest absolute Gasteiger partial charge is 0.444 e. The van der Waals surface area contributed by atoms with Crippen LogP contribution >= 0.6 is 0 Å². The molecule has 8 heteroatoms. The van der Waals surface area contributed by atoms with Crippen molar-refractivity contribution in [1.82, 2.24) is 15.5 Å². The van der Waals surface area contributed by atoms with E-state index in [1.165, 1.54) is 0 Å². The van der Waals surface area contributed by atoms with Crippen LogP contribution in [-0.4, -0.2) is 41.6 Å². The van der Waals surface area contributed by atoms with Gasteiger partial charge in [0.2, 0.25) is 11.9 Å². The van der Waals surface area contributed by atoms with Crippen molar-refractivity contribution in [1.29, 1.82) is 0 Å². The number of nitrogens with zero attached hydrogens (tertiary/aromatic N) is 2. The van der Waals surface area contributed by atoms with Crippen molar-refractivity contribution in [2.45, 2.75) is 64.6 Å². The second-order valence-electron chi connectivity index (χ2n) is 12.7. The number of carbonyl (C=O) groups excluding carboxylic acids is 2. The molecule has 0 radical (unpaired) electrons. The number of aliphatic imine (C=N–C) groups is 1. The third-order valence-corrected chi connectivity index (χ3v) is 7.87. The van der Waals surface area contributed by atoms with E-state index in [1.807, 2.05) is 87.5 Å². The zero-order valence-corrected chi connectivity index (χ0v) is 27.5. The zero-order valence-electron chi connectivity index (χ0n) is 27.5. The molecule has 0 spiro atoms. The van der Waals surface area contributed by atoms with Crippen LogP contribution in [0.5, 0.6) is 0 Å². The summed E-state index contributed by atoms with van der Waals surface area (Å²) in [6, 6.07) is 36.4. The number of hydrogen-bond donors (Lipinski definition) is 3. The fraction of sp³-hybridized carbons (Fsp3) is 0.308. The molecular formula is C39H45N5O3. The molecule has 8 nitrogen and oxygen atoms in total. The van der Waals surface area contributed by atoms with E-state index in [1.54, 1.807) is 0 Å². The minimum Gasteiger partial charge on any atom is -0.444 e. The van der Waals surface area contributed by atoms with Gasteiger partial charge in [0.05, 0.1) is 18.2 Å². The molecule has 0 aliphatic carbocycles. The van der Waals surface area contributed by atoms with Gasteiger partial charge in [0.15, 0.2) is 0 Å². The molecule has 1 atom stereocenters. The van der Waals surface area contributed by atoms with Crippen molar-refractivity contribution in [3.8, 4) is 11.1 Å². The minimum absolute atomic E-state index is 0.0197. The molecular weight excluding hydrogens is 586 g/mol. The highest BCUT2D eigenvalue weighted by Gasteiger charge is 2.31. The number of hydrogen-bond acceptors (Lipinski definition) is 6. The lowest BCUT2D eigenvalue weighted by molar-refractivity contribution is -0.122. The van der Waals surface area contributed by atoms with Gasteiger partial charge in [-0.3, -0.25) is 4.79 Å². The van der Waals surface area contributed by atoms with Gasteiger partial charge in [-0.15, -0.1) is 0 Å². The Kier molecular flexibility index (Phi) is 11.3. The summed E-state index contributed by atoms with van der Waals surface area (Å²) in [5.74, 6) is 0.692. The van der Waals surface area contributed by atoms with Gasteiger partial charge in [0.1, 0.15) is 5.60 Å². The molecule has 244 valence electrons. The third kappa shape index (κ3) is 9.94. The molecule has 2 amide bonds. The topological polar surface area (TPSA) is 95.1 Å². The van der Waals surface area contributed by atoms with Gasteiger partial charge in [-0.25, -0.2) is 9.79 Å². The molecule has 4 aromatic rings. The Labute approximate surface area is 278 Å². The number of benzene rings is 4. The number of carbonyl (C=O) groups is 2. The molecule has 0 fully saturated rings. The van der Waals surface area contributed by atoms with Crippen LogP contribution < -0.4 is 16.0 Å². The maximum atomic E-state index is 13.4. The van der Waals surface area contributed by atoms with E-state index in [4.69, 9.17) is 9.73 Å². The first-order chi connectivity index (χ1) is 22.7. The van der Waals surface area contributed by atoms with Gasteiger partial charge >= 0.3 is 6.09 Å². The molecule has 0 saturated carbocycles. The van der Waals surface area contributed by atoms with Crippen molar-refractivity contribution in [2.24, 2.45) is 4.99 Å². The average Bonchev–Trinajstić information content (AvgIpc) is 3.06. The van der Waals surface area contributed by atoms with E-state index in [-0.39, 0.29) is 18.4 Å². The summed E-state index contributed by atoms with van der Waals surface area (Å²) in [5, 5.41) is 9.53. The highest BCUT2D eigenvalue weighted by atomic mass is 16.6. The summed E-state index contributed by atoms with van der Waals surface area (Å²) in [5.41, 5.74) is 5.63. The molecule has 5 rings (SSSR count). The zero-order chi connectivity index (χ0) is 33.1. The SMILES string of the molecule is CC(C)(C)OC(=O)NCCCCCN1C(Nc2ccc(-c3ccccc3)cc2)=Nc2ccccc2[C@H]1CC(=O)NCc1ccccc1. The molecule has 0 bridgehead atoms. The van der Waals surface area contributed by atoms with Crippen LogP contribution in [0.2, 0.25) is 0 Å². The van der Waals surface area contributed by atoms with Crippen LogP contribution in [0.4, 0.5) is 16.2 Å². The average molecular weight is 632 g/mol. The first kappa shape index (κ1) is 33.3. The standard InChI is InChI=1S/C39H45N5O3/c1-39(2,3)47-38(46)40-25-13-6-14-26-44-35(27-36(45)41-28-29-15-7-4-8-16-29)33-19-11-12-20-34(33)43-37(44)42-32-23-21-31(22-24-32)30-17-9-5-10-18-30/h4-5,7-12,15-24,35H,6,13-14,25-28H2,1-3H3,(H,40,46)(H,41,45)(H,42,43)/t35-/m1/s1. The Hall–Kier alpha value is -5.11. The maximum absolute atomic E-state index is 13.4. The molecule has 3 N–H and O–H groups in total. The number of amides is 2. The Balaban J connectivity index is 1.31. The van der Waals surface area contributed by atoms with Gasteiger partial charge in [-0.2, -0.15) is 0 Å². The predicted octanol–water partition coefficient (Wildman–Crippen LogP) is 8.21. The number of anilines is 1. The fourth-order valence-corrected chi connectivity index (χ4v) is 5.59. The van der Waals surface area contributed by atoms with Crippen molar-refractivity contribution >= 4 is 29.3 Å². The molecule has 4 aromatic carbocycles. The number of guanidine groups is 1. The first-order valence-electron chi connectivity index (χ1n) is 16.4. The van der Waals surface area contributed by atoms with E-state index in [9.17, 15) is 9.59 Å². The molecule has 1 aliphatic heterocycles. The normalized spacial score (nSPS) is 14.1. The smallest absolute Gasteiger partial charge is 0.407 e. The summed E-state index contributed by atoms with van der Waals surface area (Å²) in [7, 11) is 0. The lowest BCUT2D eigenvalue weighted by Crippen LogP contribution is -2.43. The lowest BCUT2D eigenvalue weighted by Gasteiger charge is -2.38. The van der Waals surface area contributed by atoms with E-state index >= 15 is 0 Å². The quantitative estimate of drug-likeness (QED) is 0.137. The second-order valence-corrected chi connectivity index (χ2v) is 12.7. The Morgan fingerprint density at radius 2 is 1.43 bits per heavy atom. The highest BCUT2D eigenvalue weighted by Crippen LogP contribution is 2.37. The Morgan fingerprint density at radius 1 is 0.766 bits per heavy atom. The maximum Gasteiger partial charge on any atom is 0.407 e. The molecule has 0 saturated heterocycles. The fourth-order valence-electron chi connectivity index (χ4n) is 5.59. The first-order valence-corrected chi connectivity index (χ1v) is 16.4. The van der Waals surface area contributed by atoms with Gasteiger partial charge < -0.3 is 25.6 Å². The monoisotopic (exact) mass is 631 g/mol. The highest BCUT2D eigenvalue weighted by molar-refractivity contribution is 5.98. The van der Waals surface area contributed by atoms with Gasteiger partial charge in [0, 0.05) is 30.9 Å². The summed E-state index contributed by atoms with van der Waals surface area (Å²) >= 11 is 0. The Bertz CT molecular complexity index is 1630. The van der Waals surface area contributed by atoms with Crippen LogP contribution in [0.1, 0.15) is 63.6 Å². The van der Waals surface area contributed by atoms with Crippen LogP contribution in [0.3, 0.4) is 0 Å². The lowest BCUT2D eigenvalue weighted by atomic mass is 9.97. The second kappa shape index (κ2) is 15.9. The summed E-state index contributed by atoms with van der Waals surface area (Å²) in [6.45, 7) is 7.26. The number of unbranched alkanes of at least 4 members (excludes halogenated alkanes) is 2. The van der Waals surface area contributed by atoms with Crippen molar-refractivity contribution in [3.63, 3.8) is 0 Å². The van der Waals surface area contributed by atoms with Crippen LogP contribution in [0.25, 0.3) is 11.1 Å². The van der Waals surface area contributed by atoms with E-state index < -0.39 is 11.7 Å². The number of nitrogens with one attached hydrogen (secondary N) is 3. The van der Waals surface area contributed by atoms with E-state index in [2.05, 4.69) is 63.3 Å². The van der Waals surface area contributed by atoms with Crippen LogP contribution in [0.15, 0.2) is 114 Å².